The van der Waals surface area contributed by atoms with Crippen LogP contribution in [0.25, 0.3) is 0 Å². The summed E-state index contributed by atoms with van der Waals surface area (Å²) in [7, 11) is 0. The van der Waals surface area contributed by atoms with E-state index in [1.165, 1.54) is 0 Å². The van der Waals surface area contributed by atoms with Crippen LogP contribution in [0.1, 0.15) is 20.8 Å². The van der Waals surface area contributed by atoms with Gasteiger partial charge in [-0.05, 0) is 39.0 Å². The van der Waals surface area contributed by atoms with Gasteiger partial charge < -0.3 is 10.6 Å². The van der Waals surface area contributed by atoms with Gasteiger partial charge in [0.2, 0.25) is 6.41 Å². The van der Waals surface area contributed by atoms with Crippen LogP contribution >= 0.6 is 0 Å². The zero-order valence-electron chi connectivity index (χ0n) is 8.82. The number of nitrogens with two attached hydrogens (primary N) is 1. The van der Waals surface area contributed by atoms with Crippen LogP contribution in [0, 0.1) is 0 Å². The topological polar surface area (TPSA) is 46.3 Å². The first-order chi connectivity index (χ1) is 6.45. The number of hydrogen-bond donors (Lipinski definition) is 1. The Kier molecular flexibility index (Phi) is 2.79. The van der Waals surface area contributed by atoms with E-state index in [9.17, 15) is 4.79 Å². The SMILES string of the molecule is CC(C)(C)N(C=O)c1cccc(N)c1. The monoisotopic (exact) mass is 192 g/mol. The quantitative estimate of drug-likeness (QED) is 0.575. The van der Waals surface area contributed by atoms with Crippen LogP contribution in [0.15, 0.2) is 24.3 Å². The zero-order chi connectivity index (χ0) is 10.8. The van der Waals surface area contributed by atoms with Crippen molar-refractivity contribution in [1.82, 2.24) is 0 Å². The molecule has 0 radical (unpaired) electrons. The minimum atomic E-state index is -0.227. The average Bonchev–Trinajstić information content (AvgIpc) is 2.02. The van der Waals surface area contributed by atoms with E-state index >= 15 is 0 Å². The maximum Gasteiger partial charge on any atom is 0.214 e. The van der Waals surface area contributed by atoms with Crippen molar-refractivity contribution in [3.05, 3.63) is 24.3 Å². The number of carbonyl (C=O) groups is 1. The molecule has 1 amide bonds. The van der Waals surface area contributed by atoms with Crippen molar-refractivity contribution in [3.63, 3.8) is 0 Å². The summed E-state index contributed by atoms with van der Waals surface area (Å²) in [5.41, 5.74) is 6.92. The first-order valence-electron chi connectivity index (χ1n) is 4.55. The third kappa shape index (κ3) is 2.25. The number of amides is 1. The second kappa shape index (κ2) is 3.70. The highest BCUT2D eigenvalue weighted by Crippen LogP contribution is 2.23. The van der Waals surface area contributed by atoms with Crippen LogP contribution < -0.4 is 10.6 Å². The van der Waals surface area contributed by atoms with Gasteiger partial charge in [-0.3, -0.25) is 4.79 Å². The summed E-state index contributed by atoms with van der Waals surface area (Å²) < 4.78 is 0. The Morgan fingerprint density at radius 3 is 2.43 bits per heavy atom. The van der Waals surface area contributed by atoms with Gasteiger partial charge in [-0.25, -0.2) is 0 Å². The van der Waals surface area contributed by atoms with Gasteiger partial charge in [0.25, 0.3) is 0 Å². The molecule has 0 unspecified atom stereocenters. The Labute approximate surface area is 84.5 Å². The molecule has 14 heavy (non-hydrogen) atoms. The number of hydrogen-bond acceptors (Lipinski definition) is 2. The van der Waals surface area contributed by atoms with Gasteiger partial charge in [0.05, 0.1) is 0 Å². The molecule has 0 atom stereocenters. The molecule has 0 heterocycles. The van der Waals surface area contributed by atoms with Crippen molar-refractivity contribution >= 4 is 17.8 Å². The van der Waals surface area contributed by atoms with Crippen LogP contribution in [0.5, 0.6) is 0 Å². The summed E-state index contributed by atoms with van der Waals surface area (Å²) in [6.45, 7) is 5.93. The Balaban J connectivity index is 3.07. The lowest BCUT2D eigenvalue weighted by Crippen LogP contribution is -2.40. The fourth-order valence-corrected chi connectivity index (χ4v) is 1.28. The number of nitrogen functional groups attached to an aromatic ring is 1. The van der Waals surface area contributed by atoms with Crippen molar-refractivity contribution in [2.45, 2.75) is 26.3 Å². The Morgan fingerprint density at radius 2 is 2.00 bits per heavy atom. The first-order valence-corrected chi connectivity index (χ1v) is 4.55. The van der Waals surface area contributed by atoms with Crippen LogP contribution in [-0.2, 0) is 4.79 Å². The van der Waals surface area contributed by atoms with E-state index in [1.54, 1.807) is 17.0 Å². The molecule has 1 aromatic carbocycles. The summed E-state index contributed by atoms with van der Waals surface area (Å²) >= 11 is 0. The molecule has 0 saturated heterocycles. The second-order valence-electron chi connectivity index (χ2n) is 4.24. The maximum atomic E-state index is 10.9. The standard InChI is InChI=1S/C11H16N2O/c1-11(2,3)13(8-14)10-6-4-5-9(12)7-10/h4-8H,12H2,1-3H3. The fourth-order valence-electron chi connectivity index (χ4n) is 1.28. The molecule has 0 aliphatic rings. The van der Waals surface area contributed by atoms with E-state index in [1.807, 2.05) is 32.9 Å². The number of carbonyl (C=O) groups excluding carboxylic acids is 1. The van der Waals surface area contributed by atoms with Crippen LogP contribution in [0.2, 0.25) is 0 Å². The Hall–Kier alpha value is -1.51. The van der Waals surface area contributed by atoms with Gasteiger partial charge >= 0.3 is 0 Å². The van der Waals surface area contributed by atoms with Crippen LogP contribution in [-0.4, -0.2) is 11.9 Å². The number of rotatable bonds is 2. The van der Waals surface area contributed by atoms with Gasteiger partial charge in [0, 0.05) is 16.9 Å². The minimum Gasteiger partial charge on any atom is -0.399 e. The van der Waals surface area contributed by atoms with Crippen LogP contribution in [0.4, 0.5) is 11.4 Å². The highest BCUT2D eigenvalue weighted by Gasteiger charge is 2.20. The predicted molar refractivity (Wildman–Crippen MR) is 59.2 cm³/mol. The largest absolute Gasteiger partial charge is 0.399 e. The van der Waals surface area contributed by atoms with E-state index in [-0.39, 0.29) is 5.54 Å². The predicted octanol–water partition coefficient (Wildman–Crippen LogP) is 2.03. The van der Waals surface area contributed by atoms with E-state index in [0.717, 1.165) is 12.1 Å². The minimum absolute atomic E-state index is 0.227. The Morgan fingerprint density at radius 1 is 1.36 bits per heavy atom. The molecule has 76 valence electrons. The summed E-state index contributed by atoms with van der Waals surface area (Å²) in [4.78, 5) is 12.6. The van der Waals surface area contributed by atoms with Crippen molar-refractivity contribution in [3.8, 4) is 0 Å². The van der Waals surface area contributed by atoms with E-state index in [4.69, 9.17) is 5.73 Å². The Bertz CT molecular complexity index is 328. The van der Waals surface area contributed by atoms with E-state index in [0.29, 0.717) is 5.69 Å². The van der Waals surface area contributed by atoms with Crippen LogP contribution in [0.3, 0.4) is 0 Å². The van der Waals surface area contributed by atoms with Gasteiger partial charge in [0.1, 0.15) is 0 Å². The zero-order valence-corrected chi connectivity index (χ0v) is 8.82. The van der Waals surface area contributed by atoms with Gasteiger partial charge in [-0.15, -0.1) is 0 Å². The lowest BCUT2D eigenvalue weighted by molar-refractivity contribution is -0.108. The number of nitrogens with zero attached hydrogens (tertiary/aromatic N) is 1. The van der Waals surface area contributed by atoms with Gasteiger partial charge in [-0.2, -0.15) is 0 Å². The third-order valence-electron chi connectivity index (χ3n) is 1.98. The lowest BCUT2D eigenvalue weighted by Gasteiger charge is -2.32. The molecule has 0 aliphatic carbocycles. The van der Waals surface area contributed by atoms with Gasteiger partial charge in [0.15, 0.2) is 0 Å². The third-order valence-corrected chi connectivity index (χ3v) is 1.98. The van der Waals surface area contributed by atoms with E-state index in [2.05, 4.69) is 0 Å². The maximum absolute atomic E-state index is 10.9. The van der Waals surface area contributed by atoms with Crippen molar-refractivity contribution in [2.75, 3.05) is 10.6 Å². The fraction of sp³-hybridized carbons (Fsp3) is 0.364. The normalized spacial score (nSPS) is 11.1. The molecule has 3 nitrogen and oxygen atoms in total. The van der Waals surface area contributed by atoms with Crippen molar-refractivity contribution in [1.29, 1.82) is 0 Å². The summed E-state index contributed by atoms with van der Waals surface area (Å²) in [6, 6.07) is 7.30. The molecular formula is C11H16N2O. The molecule has 1 aromatic rings. The summed E-state index contributed by atoms with van der Waals surface area (Å²) in [5, 5.41) is 0. The van der Waals surface area contributed by atoms with Gasteiger partial charge in [-0.1, -0.05) is 6.07 Å². The molecular weight excluding hydrogens is 176 g/mol. The lowest BCUT2D eigenvalue weighted by atomic mass is 10.1. The van der Waals surface area contributed by atoms with E-state index < -0.39 is 0 Å². The molecule has 3 heteroatoms. The highest BCUT2D eigenvalue weighted by atomic mass is 16.1. The smallest absolute Gasteiger partial charge is 0.214 e. The molecule has 2 N–H and O–H groups in total. The summed E-state index contributed by atoms with van der Waals surface area (Å²) in [5.74, 6) is 0. The van der Waals surface area contributed by atoms with Crippen molar-refractivity contribution < 1.29 is 4.79 Å². The molecule has 0 fully saturated rings. The number of anilines is 2. The summed E-state index contributed by atoms with van der Waals surface area (Å²) in [6.07, 6.45) is 0.828. The number of benzene rings is 1. The first kappa shape index (κ1) is 10.6. The molecule has 0 saturated carbocycles. The molecule has 0 aromatic heterocycles. The molecule has 0 spiro atoms. The molecule has 1 rings (SSSR count). The van der Waals surface area contributed by atoms with Crippen molar-refractivity contribution in [2.24, 2.45) is 0 Å². The highest BCUT2D eigenvalue weighted by molar-refractivity contribution is 5.78. The molecule has 0 aliphatic heterocycles. The second-order valence-corrected chi connectivity index (χ2v) is 4.24. The average molecular weight is 192 g/mol. The molecule has 0 bridgehead atoms.